The van der Waals surface area contributed by atoms with Crippen molar-refractivity contribution < 1.29 is 32.2 Å². The number of aliphatic carboxylic acids is 1. The second-order valence-corrected chi connectivity index (χ2v) is 5.92. The monoisotopic (exact) mass is 355 g/mol. The number of rotatable bonds is 5. The summed E-state index contributed by atoms with van der Waals surface area (Å²) in [6.07, 6.45) is -4.54. The second-order valence-electron chi connectivity index (χ2n) is 5.92. The molecule has 0 amide bonds. The summed E-state index contributed by atoms with van der Waals surface area (Å²) in [5, 5.41) is 9.03. The smallest absolute Gasteiger partial charge is 0.393 e. The summed E-state index contributed by atoms with van der Waals surface area (Å²) >= 11 is 0. The molecule has 0 unspecified atom stereocenters. The lowest BCUT2D eigenvalue weighted by atomic mass is 9.96. The lowest BCUT2D eigenvalue weighted by Crippen LogP contribution is -2.33. The molecule has 0 spiro atoms. The molecule has 134 valence electrons. The third-order valence-corrected chi connectivity index (χ3v) is 4.11. The Kier molecular flexibility index (Phi) is 4.71. The third kappa shape index (κ3) is 4.14. The highest BCUT2D eigenvalue weighted by Gasteiger charge is 2.52. The first-order valence-corrected chi connectivity index (χ1v) is 7.66. The summed E-state index contributed by atoms with van der Waals surface area (Å²) < 4.78 is 50.0. The van der Waals surface area contributed by atoms with Crippen LogP contribution in [-0.4, -0.2) is 35.2 Å². The van der Waals surface area contributed by atoms with E-state index in [9.17, 15) is 18.0 Å². The molecule has 1 aromatic heterocycles. The lowest BCUT2D eigenvalue weighted by Gasteiger charge is -2.18. The summed E-state index contributed by atoms with van der Waals surface area (Å²) in [6, 6.07) is 12.1. The number of halogens is 3. The molecule has 0 aliphatic carbocycles. The van der Waals surface area contributed by atoms with Crippen molar-refractivity contribution >= 4 is 5.97 Å². The molecule has 0 bridgehead atoms. The number of hydrogen-bond acceptors (Lipinski definition) is 4. The maximum Gasteiger partial charge on any atom is 0.393 e. The SMILES string of the molecule is O=C(O)[C@@H]1CN(Cc2ccc(Oc3ccccc3)o2)C[C@H]1C(F)(F)F. The van der Waals surface area contributed by atoms with Crippen LogP contribution in [0.3, 0.4) is 0 Å². The van der Waals surface area contributed by atoms with Crippen LogP contribution in [0.5, 0.6) is 11.7 Å². The number of nitrogens with zero attached hydrogens (tertiary/aromatic N) is 1. The van der Waals surface area contributed by atoms with Crippen LogP contribution in [0.15, 0.2) is 46.9 Å². The molecule has 1 aromatic carbocycles. The Labute approximate surface area is 141 Å². The van der Waals surface area contributed by atoms with Crippen molar-refractivity contribution in [2.24, 2.45) is 11.8 Å². The van der Waals surface area contributed by atoms with Gasteiger partial charge in [-0.05, 0) is 18.2 Å². The highest BCUT2D eigenvalue weighted by molar-refractivity contribution is 5.71. The molecule has 2 atom stereocenters. The molecule has 5 nitrogen and oxygen atoms in total. The molecule has 0 saturated carbocycles. The van der Waals surface area contributed by atoms with Crippen molar-refractivity contribution in [2.75, 3.05) is 13.1 Å². The van der Waals surface area contributed by atoms with E-state index < -0.39 is 24.0 Å². The first-order chi connectivity index (χ1) is 11.8. The molecule has 2 aromatic rings. The van der Waals surface area contributed by atoms with E-state index in [-0.39, 0.29) is 25.6 Å². The number of alkyl halides is 3. The minimum absolute atomic E-state index is 0.0918. The molecular weight excluding hydrogens is 339 g/mol. The molecule has 2 heterocycles. The predicted molar refractivity (Wildman–Crippen MR) is 81.2 cm³/mol. The first-order valence-electron chi connectivity index (χ1n) is 7.66. The molecule has 8 heteroatoms. The number of hydrogen-bond donors (Lipinski definition) is 1. The van der Waals surface area contributed by atoms with Crippen molar-refractivity contribution in [1.82, 2.24) is 4.90 Å². The Morgan fingerprint density at radius 2 is 1.92 bits per heavy atom. The fraction of sp³-hybridized carbons (Fsp3) is 0.353. The van der Waals surface area contributed by atoms with Gasteiger partial charge >= 0.3 is 12.1 Å². The van der Waals surface area contributed by atoms with Gasteiger partial charge in [-0.25, -0.2) is 0 Å². The number of benzene rings is 1. The van der Waals surface area contributed by atoms with Gasteiger partial charge in [0.25, 0.3) is 5.95 Å². The van der Waals surface area contributed by atoms with E-state index in [4.69, 9.17) is 14.3 Å². The summed E-state index contributed by atoms with van der Waals surface area (Å²) in [5.74, 6) is -3.56. The van der Waals surface area contributed by atoms with Crippen LogP contribution >= 0.6 is 0 Å². The number of likely N-dealkylation sites (tertiary alicyclic amines) is 1. The average Bonchev–Trinajstić information content (AvgIpc) is 3.15. The first kappa shape index (κ1) is 17.3. The Morgan fingerprint density at radius 1 is 1.20 bits per heavy atom. The number of ether oxygens (including phenoxy) is 1. The number of carboxylic acids is 1. The zero-order chi connectivity index (χ0) is 18.0. The zero-order valence-electron chi connectivity index (χ0n) is 13.1. The third-order valence-electron chi connectivity index (χ3n) is 4.11. The predicted octanol–water partition coefficient (Wildman–Crippen LogP) is 3.77. The minimum Gasteiger partial charge on any atom is -0.481 e. The molecule has 1 aliphatic heterocycles. The van der Waals surface area contributed by atoms with Crippen LogP contribution in [-0.2, 0) is 11.3 Å². The van der Waals surface area contributed by atoms with E-state index in [1.165, 1.54) is 4.90 Å². The van der Waals surface area contributed by atoms with Gasteiger partial charge in [-0.15, -0.1) is 0 Å². The van der Waals surface area contributed by atoms with Gasteiger partial charge in [0, 0.05) is 19.2 Å². The van der Waals surface area contributed by atoms with Crippen LogP contribution in [0.25, 0.3) is 0 Å². The molecule has 1 saturated heterocycles. The van der Waals surface area contributed by atoms with Gasteiger partial charge < -0.3 is 14.3 Å². The summed E-state index contributed by atoms with van der Waals surface area (Å²) in [5.41, 5.74) is 0. The Hall–Kier alpha value is -2.48. The quantitative estimate of drug-likeness (QED) is 0.885. The lowest BCUT2D eigenvalue weighted by molar-refractivity contribution is -0.188. The topological polar surface area (TPSA) is 62.9 Å². The maximum absolute atomic E-state index is 13.0. The molecule has 25 heavy (non-hydrogen) atoms. The van der Waals surface area contributed by atoms with E-state index in [0.717, 1.165) is 0 Å². The van der Waals surface area contributed by atoms with E-state index in [1.54, 1.807) is 36.4 Å². The van der Waals surface area contributed by atoms with Crippen LogP contribution in [0.1, 0.15) is 5.76 Å². The largest absolute Gasteiger partial charge is 0.481 e. The Bertz CT molecular complexity index is 729. The fourth-order valence-electron chi connectivity index (χ4n) is 2.92. The minimum atomic E-state index is -4.54. The molecular formula is C17H16F3NO4. The standard InChI is InChI=1S/C17H16F3NO4/c18-17(19,20)14-10-21(9-13(14)16(22)23)8-12-6-7-15(25-12)24-11-4-2-1-3-5-11/h1-7,13-14H,8-10H2,(H,22,23)/t13-,14-/m1/s1. The van der Waals surface area contributed by atoms with Crippen LogP contribution < -0.4 is 4.74 Å². The summed E-state index contributed by atoms with van der Waals surface area (Å²) in [6.45, 7) is -0.445. The number of carbonyl (C=O) groups is 1. The highest BCUT2D eigenvalue weighted by atomic mass is 19.4. The average molecular weight is 355 g/mol. The molecule has 3 rings (SSSR count). The van der Waals surface area contributed by atoms with Gasteiger partial charge in [0.2, 0.25) is 0 Å². The van der Waals surface area contributed by atoms with Gasteiger partial charge in [0.15, 0.2) is 0 Å². The summed E-state index contributed by atoms with van der Waals surface area (Å²) in [7, 11) is 0. The summed E-state index contributed by atoms with van der Waals surface area (Å²) in [4.78, 5) is 12.5. The van der Waals surface area contributed by atoms with Gasteiger partial charge in [-0.1, -0.05) is 18.2 Å². The maximum atomic E-state index is 13.0. The van der Waals surface area contributed by atoms with E-state index in [2.05, 4.69) is 0 Å². The zero-order valence-corrected chi connectivity index (χ0v) is 13.1. The number of para-hydroxylation sites is 1. The van der Waals surface area contributed by atoms with Crippen molar-refractivity contribution in [3.05, 3.63) is 48.2 Å². The normalized spacial score (nSPS) is 21.4. The molecule has 1 aliphatic rings. The van der Waals surface area contributed by atoms with Crippen molar-refractivity contribution in [3.8, 4) is 11.7 Å². The molecule has 0 radical (unpaired) electrons. The Morgan fingerprint density at radius 3 is 2.52 bits per heavy atom. The highest BCUT2D eigenvalue weighted by Crippen LogP contribution is 2.38. The van der Waals surface area contributed by atoms with Gasteiger partial charge in [-0.2, -0.15) is 13.2 Å². The Balaban J connectivity index is 1.64. The molecule has 1 fully saturated rings. The van der Waals surface area contributed by atoms with E-state index in [0.29, 0.717) is 11.5 Å². The number of furan rings is 1. The van der Waals surface area contributed by atoms with Crippen LogP contribution in [0.4, 0.5) is 13.2 Å². The van der Waals surface area contributed by atoms with Gasteiger partial charge in [-0.3, -0.25) is 9.69 Å². The van der Waals surface area contributed by atoms with Crippen molar-refractivity contribution in [1.29, 1.82) is 0 Å². The van der Waals surface area contributed by atoms with Crippen molar-refractivity contribution in [3.63, 3.8) is 0 Å². The van der Waals surface area contributed by atoms with E-state index in [1.807, 2.05) is 6.07 Å². The van der Waals surface area contributed by atoms with E-state index >= 15 is 0 Å². The van der Waals surface area contributed by atoms with Crippen molar-refractivity contribution in [2.45, 2.75) is 12.7 Å². The fourth-order valence-corrected chi connectivity index (χ4v) is 2.92. The van der Waals surface area contributed by atoms with Gasteiger partial charge in [0.05, 0.1) is 18.4 Å². The van der Waals surface area contributed by atoms with Crippen LogP contribution in [0, 0.1) is 11.8 Å². The number of carboxylic acid groups (broad SMARTS) is 1. The van der Waals surface area contributed by atoms with Gasteiger partial charge in [0.1, 0.15) is 11.5 Å². The second kappa shape index (κ2) is 6.79. The molecule has 1 N–H and O–H groups in total. The van der Waals surface area contributed by atoms with Crippen LogP contribution in [0.2, 0.25) is 0 Å².